The van der Waals surface area contributed by atoms with Gasteiger partial charge in [0, 0.05) is 16.3 Å². The number of hydrogen-bond donors (Lipinski definition) is 1. The maximum atomic E-state index is 11.6. The first-order chi connectivity index (χ1) is 8.08. The standard InChI is InChI=1S/C13H21NO2S/c1-5-10-6-7-11(17-10)8-14-12(9(2)3)13(15)16-4/h6-7,9,12,14H,5,8H2,1-4H3. The van der Waals surface area contributed by atoms with Gasteiger partial charge in [0.25, 0.3) is 0 Å². The zero-order chi connectivity index (χ0) is 12.8. The van der Waals surface area contributed by atoms with Crippen LogP contribution in [-0.2, 0) is 22.5 Å². The summed E-state index contributed by atoms with van der Waals surface area (Å²) in [6.45, 7) is 6.90. The Kier molecular flexibility index (Phi) is 5.65. The van der Waals surface area contributed by atoms with Crippen LogP contribution in [0.1, 0.15) is 30.5 Å². The molecule has 17 heavy (non-hydrogen) atoms. The van der Waals surface area contributed by atoms with E-state index in [-0.39, 0.29) is 17.9 Å². The molecule has 1 heterocycles. The second kappa shape index (κ2) is 6.77. The van der Waals surface area contributed by atoms with E-state index in [0.717, 1.165) is 13.0 Å². The van der Waals surface area contributed by atoms with E-state index in [1.165, 1.54) is 16.9 Å². The molecule has 0 aromatic carbocycles. The largest absolute Gasteiger partial charge is 0.468 e. The summed E-state index contributed by atoms with van der Waals surface area (Å²) in [6.07, 6.45) is 1.06. The lowest BCUT2D eigenvalue weighted by atomic mass is 10.0. The van der Waals surface area contributed by atoms with Crippen molar-refractivity contribution in [3.63, 3.8) is 0 Å². The van der Waals surface area contributed by atoms with Gasteiger partial charge in [0.05, 0.1) is 7.11 Å². The highest BCUT2D eigenvalue weighted by Crippen LogP contribution is 2.17. The van der Waals surface area contributed by atoms with Crippen LogP contribution >= 0.6 is 11.3 Å². The summed E-state index contributed by atoms with van der Waals surface area (Å²) in [4.78, 5) is 14.2. The van der Waals surface area contributed by atoms with Crippen LogP contribution in [0.4, 0.5) is 0 Å². The highest BCUT2D eigenvalue weighted by Gasteiger charge is 2.22. The Balaban J connectivity index is 2.54. The molecule has 96 valence electrons. The molecule has 0 fully saturated rings. The van der Waals surface area contributed by atoms with E-state index in [9.17, 15) is 4.79 Å². The van der Waals surface area contributed by atoms with Crippen LogP contribution < -0.4 is 5.32 Å². The average molecular weight is 255 g/mol. The van der Waals surface area contributed by atoms with Crippen molar-refractivity contribution in [1.82, 2.24) is 5.32 Å². The summed E-state index contributed by atoms with van der Waals surface area (Å²) < 4.78 is 4.79. The monoisotopic (exact) mass is 255 g/mol. The average Bonchev–Trinajstić information content (AvgIpc) is 2.76. The molecule has 0 bridgehead atoms. The fourth-order valence-electron chi connectivity index (χ4n) is 1.64. The highest BCUT2D eigenvalue weighted by atomic mass is 32.1. The third kappa shape index (κ3) is 4.13. The maximum Gasteiger partial charge on any atom is 0.323 e. The van der Waals surface area contributed by atoms with Crippen molar-refractivity contribution in [2.75, 3.05) is 7.11 Å². The smallest absolute Gasteiger partial charge is 0.323 e. The van der Waals surface area contributed by atoms with Crippen LogP contribution in [0.25, 0.3) is 0 Å². The van der Waals surface area contributed by atoms with E-state index in [0.29, 0.717) is 0 Å². The topological polar surface area (TPSA) is 38.3 Å². The molecular weight excluding hydrogens is 234 g/mol. The van der Waals surface area contributed by atoms with Gasteiger partial charge in [-0.2, -0.15) is 0 Å². The van der Waals surface area contributed by atoms with Gasteiger partial charge in [-0.25, -0.2) is 0 Å². The van der Waals surface area contributed by atoms with Gasteiger partial charge in [-0.15, -0.1) is 11.3 Å². The van der Waals surface area contributed by atoms with Crippen LogP contribution in [0.5, 0.6) is 0 Å². The first-order valence-electron chi connectivity index (χ1n) is 5.97. The molecule has 0 amide bonds. The van der Waals surface area contributed by atoms with E-state index in [4.69, 9.17) is 4.74 Å². The van der Waals surface area contributed by atoms with Crippen molar-refractivity contribution >= 4 is 17.3 Å². The van der Waals surface area contributed by atoms with Gasteiger partial charge in [0.2, 0.25) is 0 Å². The first-order valence-corrected chi connectivity index (χ1v) is 6.79. The predicted octanol–water partition coefficient (Wildman–Crippen LogP) is 2.60. The van der Waals surface area contributed by atoms with Crippen molar-refractivity contribution in [2.45, 2.75) is 39.8 Å². The molecule has 0 saturated carbocycles. The lowest BCUT2D eigenvalue weighted by molar-refractivity contribution is -0.144. The van der Waals surface area contributed by atoms with Crippen LogP contribution in [-0.4, -0.2) is 19.1 Å². The zero-order valence-corrected chi connectivity index (χ0v) is 11.8. The Morgan fingerprint density at radius 1 is 1.41 bits per heavy atom. The highest BCUT2D eigenvalue weighted by molar-refractivity contribution is 7.11. The first kappa shape index (κ1) is 14.2. The van der Waals surface area contributed by atoms with Gasteiger partial charge in [-0.3, -0.25) is 10.1 Å². The summed E-state index contributed by atoms with van der Waals surface area (Å²) in [7, 11) is 1.43. The Bertz CT molecular complexity index is 360. The third-order valence-electron chi connectivity index (χ3n) is 2.68. The molecule has 1 aromatic rings. The maximum absolute atomic E-state index is 11.6. The lowest BCUT2D eigenvalue weighted by Gasteiger charge is -2.19. The van der Waals surface area contributed by atoms with Crippen molar-refractivity contribution in [2.24, 2.45) is 5.92 Å². The summed E-state index contributed by atoms with van der Waals surface area (Å²) in [5.74, 6) is 0.0420. The van der Waals surface area contributed by atoms with Gasteiger partial charge in [-0.05, 0) is 24.5 Å². The molecule has 1 unspecified atom stereocenters. The molecule has 1 N–H and O–H groups in total. The lowest BCUT2D eigenvalue weighted by Crippen LogP contribution is -2.41. The van der Waals surface area contributed by atoms with Crippen molar-refractivity contribution in [3.05, 3.63) is 21.9 Å². The number of esters is 1. The SMILES string of the molecule is CCc1ccc(CNC(C(=O)OC)C(C)C)s1. The molecule has 0 aliphatic heterocycles. The van der Waals surface area contributed by atoms with E-state index < -0.39 is 0 Å². The van der Waals surface area contributed by atoms with Crippen LogP contribution in [0.2, 0.25) is 0 Å². The molecule has 1 rings (SSSR count). The van der Waals surface area contributed by atoms with E-state index in [1.54, 1.807) is 11.3 Å². The minimum absolute atomic E-state index is 0.188. The van der Waals surface area contributed by atoms with Gasteiger partial charge in [-0.1, -0.05) is 20.8 Å². The minimum atomic E-state index is -0.229. The Labute approximate surface area is 107 Å². The van der Waals surface area contributed by atoms with Crippen molar-refractivity contribution in [3.8, 4) is 0 Å². The Hall–Kier alpha value is -0.870. The molecule has 0 saturated heterocycles. The molecule has 0 spiro atoms. The molecular formula is C13H21NO2S. The fraction of sp³-hybridized carbons (Fsp3) is 0.615. The summed E-state index contributed by atoms with van der Waals surface area (Å²) in [6, 6.07) is 4.03. The van der Waals surface area contributed by atoms with Crippen molar-refractivity contribution in [1.29, 1.82) is 0 Å². The zero-order valence-electron chi connectivity index (χ0n) is 10.9. The van der Waals surface area contributed by atoms with Gasteiger partial charge in [0.15, 0.2) is 0 Å². The number of carbonyl (C=O) groups is 1. The third-order valence-corrected chi connectivity index (χ3v) is 3.91. The van der Waals surface area contributed by atoms with Crippen LogP contribution in [0.15, 0.2) is 12.1 Å². The van der Waals surface area contributed by atoms with Gasteiger partial charge >= 0.3 is 5.97 Å². The van der Waals surface area contributed by atoms with Crippen LogP contribution in [0, 0.1) is 5.92 Å². The van der Waals surface area contributed by atoms with E-state index in [2.05, 4.69) is 24.4 Å². The van der Waals surface area contributed by atoms with E-state index in [1.807, 2.05) is 13.8 Å². The Morgan fingerprint density at radius 3 is 2.53 bits per heavy atom. The second-order valence-corrected chi connectivity index (χ2v) is 5.60. The second-order valence-electron chi connectivity index (χ2n) is 4.35. The molecule has 0 aliphatic carbocycles. The number of aryl methyl sites for hydroxylation is 1. The number of thiophene rings is 1. The molecule has 1 aromatic heterocycles. The summed E-state index contributed by atoms with van der Waals surface area (Å²) >= 11 is 1.79. The molecule has 0 aliphatic rings. The molecule has 1 atom stereocenters. The number of hydrogen-bond acceptors (Lipinski definition) is 4. The summed E-state index contributed by atoms with van der Waals surface area (Å²) in [5.41, 5.74) is 0. The minimum Gasteiger partial charge on any atom is -0.468 e. The van der Waals surface area contributed by atoms with Crippen LogP contribution in [0.3, 0.4) is 0 Å². The Morgan fingerprint density at radius 2 is 2.06 bits per heavy atom. The molecule has 4 heteroatoms. The predicted molar refractivity (Wildman–Crippen MR) is 71.2 cm³/mol. The normalized spacial score (nSPS) is 12.8. The molecule has 0 radical (unpaired) electrons. The molecule has 3 nitrogen and oxygen atoms in total. The van der Waals surface area contributed by atoms with Crippen molar-refractivity contribution < 1.29 is 9.53 Å². The number of nitrogens with one attached hydrogen (secondary N) is 1. The number of carbonyl (C=O) groups excluding carboxylic acids is 1. The number of ether oxygens (including phenoxy) is 1. The van der Waals surface area contributed by atoms with Gasteiger partial charge in [0.1, 0.15) is 6.04 Å². The van der Waals surface area contributed by atoms with E-state index >= 15 is 0 Å². The number of rotatable bonds is 6. The van der Waals surface area contributed by atoms with Gasteiger partial charge < -0.3 is 4.74 Å². The summed E-state index contributed by atoms with van der Waals surface area (Å²) in [5, 5.41) is 3.26. The fourth-order valence-corrected chi connectivity index (χ4v) is 2.54. The number of methoxy groups -OCH3 is 1. The quantitative estimate of drug-likeness (QED) is 0.794.